The fraction of sp³-hybridized carbons (Fsp3) is 0.455. The number of carboxylic acid groups (broad SMARTS) is 1. The number of nitrogens with zero attached hydrogens (tertiary/aromatic N) is 1. The molecule has 0 bridgehead atoms. The Morgan fingerprint density at radius 2 is 2.06 bits per heavy atom. The molecule has 1 N–H and O–H groups in total. The zero-order valence-corrected chi connectivity index (χ0v) is 10.6. The van der Waals surface area contributed by atoms with E-state index < -0.39 is 5.97 Å². The van der Waals surface area contributed by atoms with Crippen molar-refractivity contribution >= 4 is 17.6 Å². The van der Waals surface area contributed by atoms with Crippen molar-refractivity contribution in [3.8, 4) is 5.88 Å². The fourth-order valence-corrected chi connectivity index (χ4v) is 1.32. The van der Waals surface area contributed by atoms with Crippen LogP contribution in [0.5, 0.6) is 5.88 Å². The average molecular weight is 276 g/mol. The maximum Gasteiger partial charge on any atom is 0.335 e. The van der Waals surface area contributed by atoms with Gasteiger partial charge in [-0.3, -0.25) is 0 Å². The van der Waals surface area contributed by atoms with E-state index in [1.165, 1.54) is 12.1 Å². The van der Waals surface area contributed by atoms with Crippen LogP contribution in [0.25, 0.3) is 0 Å². The molecule has 0 radical (unpaired) electrons. The number of pyridine rings is 1. The SMILES string of the molecule is COCCOCCOc1cc(C(=O)O)cc(Cl)n1. The van der Waals surface area contributed by atoms with Crippen LogP contribution in [0, 0.1) is 0 Å². The van der Waals surface area contributed by atoms with Gasteiger partial charge in [0.15, 0.2) is 0 Å². The lowest BCUT2D eigenvalue weighted by molar-refractivity contribution is 0.0536. The van der Waals surface area contributed by atoms with Gasteiger partial charge in [-0.2, -0.15) is 0 Å². The summed E-state index contributed by atoms with van der Waals surface area (Å²) in [6, 6.07) is 2.56. The Morgan fingerprint density at radius 3 is 2.72 bits per heavy atom. The van der Waals surface area contributed by atoms with Gasteiger partial charge in [-0.25, -0.2) is 9.78 Å². The molecule has 0 saturated heterocycles. The van der Waals surface area contributed by atoms with Crippen molar-refractivity contribution in [2.75, 3.05) is 33.5 Å². The zero-order valence-electron chi connectivity index (χ0n) is 9.89. The molecule has 1 rings (SSSR count). The second-order valence-electron chi connectivity index (χ2n) is 3.28. The van der Waals surface area contributed by atoms with E-state index in [1.807, 2.05) is 0 Å². The molecule has 1 aromatic rings. The van der Waals surface area contributed by atoms with Gasteiger partial charge in [0.05, 0.1) is 25.4 Å². The van der Waals surface area contributed by atoms with Gasteiger partial charge in [-0.15, -0.1) is 0 Å². The van der Waals surface area contributed by atoms with Gasteiger partial charge in [0.25, 0.3) is 0 Å². The Bertz CT molecular complexity index is 399. The summed E-state index contributed by atoms with van der Waals surface area (Å²) in [5, 5.41) is 8.90. The minimum absolute atomic E-state index is 0.0327. The quantitative estimate of drug-likeness (QED) is 0.572. The monoisotopic (exact) mass is 275 g/mol. The molecular formula is C11H14ClNO5. The molecule has 0 unspecified atom stereocenters. The molecule has 1 heterocycles. The van der Waals surface area contributed by atoms with Crippen LogP contribution in [-0.2, 0) is 9.47 Å². The summed E-state index contributed by atoms with van der Waals surface area (Å²) in [6.45, 7) is 1.61. The number of aromatic carboxylic acids is 1. The van der Waals surface area contributed by atoms with Crippen molar-refractivity contribution < 1.29 is 24.1 Å². The molecule has 0 fully saturated rings. The molecule has 0 aliphatic carbocycles. The summed E-state index contributed by atoms with van der Waals surface area (Å²) >= 11 is 5.67. The predicted molar refractivity (Wildman–Crippen MR) is 64.4 cm³/mol. The summed E-state index contributed by atoms with van der Waals surface area (Å²) < 4.78 is 15.2. The Hall–Kier alpha value is -1.37. The van der Waals surface area contributed by atoms with Crippen LogP contribution in [-0.4, -0.2) is 49.6 Å². The van der Waals surface area contributed by atoms with E-state index in [4.69, 9.17) is 30.9 Å². The van der Waals surface area contributed by atoms with E-state index in [0.29, 0.717) is 19.8 Å². The Labute approximate surface area is 109 Å². The first kappa shape index (κ1) is 14.7. The maximum atomic E-state index is 10.8. The van der Waals surface area contributed by atoms with Crippen molar-refractivity contribution in [1.82, 2.24) is 4.98 Å². The molecule has 100 valence electrons. The normalized spacial score (nSPS) is 10.3. The molecule has 18 heavy (non-hydrogen) atoms. The van der Waals surface area contributed by atoms with Crippen molar-refractivity contribution in [1.29, 1.82) is 0 Å². The van der Waals surface area contributed by atoms with Crippen LogP contribution < -0.4 is 4.74 Å². The van der Waals surface area contributed by atoms with Gasteiger partial charge in [0.1, 0.15) is 11.8 Å². The third-order valence-corrected chi connectivity index (χ3v) is 2.12. The first-order valence-electron chi connectivity index (χ1n) is 5.24. The van der Waals surface area contributed by atoms with Crippen LogP contribution in [0.15, 0.2) is 12.1 Å². The van der Waals surface area contributed by atoms with Crippen LogP contribution in [0.2, 0.25) is 5.15 Å². The number of carboxylic acids is 1. The van der Waals surface area contributed by atoms with Gasteiger partial charge in [0, 0.05) is 13.2 Å². The molecule has 0 spiro atoms. The summed E-state index contributed by atoms with van der Waals surface area (Å²) in [6.07, 6.45) is 0. The lowest BCUT2D eigenvalue weighted by Gasteiger charge is -2.07. The molecule has 0 aromatic carbocycles. The summed E-state index contributed by atoms with van der Waals surface area (Å²) in [5.74, 6) is -0.921. The summed E-state index contributed by atoms with van der Waals surface area (Å²) in [7, 11) is 1.59. The second kappa shape index (κ2) is 7.86. The number of hydrogen-bond acceptors (Lipinski definition) is 5. The van der Waals surface area contributed by atoms with Crippen LogP contribution in [0.3, 0.4) is 0 Å². The lowest BCUT2D eigenvalue weighted by Crippen LogP contribution is -2.11. The maximum absolute atomic E-state index is 10.8. The molecular weight excluding hydrogens is 262 g/mol. The van der Waals surface area contributed by atoms with E-state index in [-0.39, 0.29) is 23.2 Å². The molecule has 7 heteroatoms. The van der Waals surface area contributed by atoms with Gasteiger partial charge < -0.3 is 19.3 Å². The van der Waals surface area contributed by atoms with Crippen LogP contribution in [0.4, 0.5) is 0 Å². The highest BCUT2D eigenvalue weighted by molar-refractivity contribution is 6.29. The first-order chi connectivity index (χ1) is 8.63. The molecule has 6 nitrogen and oxygen atoms in total. The van der Waals surface area contributed by atoms with Gasteiger partial charge in [-0.05, 0) is 6.07 Å². The molecule has 0 aliphatic rings. The standard InChI is InChI=1S/C11H14ClNO5/c1-16-2-3-17-4-5-18-10-7-8(11(14)15)6-9(12)13-10/h6-7H,2-5H2,1H3,(H,14,15). The average Bonchev–Trinajstić information content (AvgIpc) is 2.33. The molecule has 0 saturated carbocycles. The van der Waals surface area contributed by atoms with Crippen molar-refractivity contribution in [2.24, 2.45) is 0 Å². The van der Waals surface area contributed by atoms with Gasteiger partial charge in [0.2, 0.25) is 5.88 Å². The smallest absolute Gasteiger partial charge is 0.335 e. The zero-order chi connectivity index (χ0) is 13.4. The minimum atomic E-state index is -1.08. The first-order valence-corrected chi connectivity index (χ1v) is 5.61. The molecule has 0 aliphatic heterocycles. The second-order valence-corrected chi connectivity index (χ2v) is 3.66. The Morgan fingerprint density at radius 1 is 1.33 bits per heavy atom. The largest absolute Gasteiger partial charge is 0.478 e. The van der Waals surface area contributed by atoms with E-state index >= 15 is 0 Å². The molecule has 0 amide bonds. The number of halogens is 1. The number of aromatic nitrogens is 1. The van der Waals surface area contributed by atoms with Crippen molar-refractivity contribution in [3.63, 3.8) is 0 Å². The number of hydrogen-bond donors (Lipinski definition) is 1. The fourth-order valence-electron chi connectivity index (χ4n) is 1.12. The lowest BCUT2D eigenvalue weighted by atomic mass is 10.3. The van der Waals surface area contributed by atoms with Gasteiger partial charge in [-0.1, -0.05) is 11.6 Å². The van der Waals surface area contributed by atoms with E-state index in [0.717, 1.165) is 0 Å². The van der Waals surface area contributed by atoms with E-state index in [2.05, 4.69) is 4.98 Å². The number of ether oxygens (including phenoxy) is 3. The van der Waals surface area contributed by atoms with E-state index in [9.17, 15) is 4.79 Å². The molecule has 0 atom stereocenters. The summed E-state index contributed by atoms with van der Waals surface area (Å²) in [5.41, 5.74) is 0.0327. The van der Waals surface area contributed by atoms with Crippen LogP contribution >= 0.6 is 11.6 Å². The van der Waals surface area contributed by atoms with Crippen LogP contribution in [0.1, 0.15) is 10.4 Å². The highest BCUT2D eigenvalue weighted by Gasteiger charge is 2.08. The van der Waals surface area contributed by atoms with Crippen molar-refractivity contribution in [2.45, 2.75) is 0 Å². The highest BCUT2D eigenvalue weighted by Crippen LogP contribution is 2.16. The summed E-state index contributed by atoms with van der Waals surface area (Å²) in [4.78, 5) is 14.6. The van der Waals surface area contributed by atoms with E-state index in [1.54, 1.807) is 7.11 Å². The van der Waals surface area contributed by atoms with Gasteiger partial charge >= 0.3 is 5.97 Å². The highest BCUT2D eigenvalue weighted by atomic mass is 35.5. The molecule has 1 aromatic heterocycles. The third-order valence-electron chi connectivity index (χ3n) is 1.93. The predicted octanol–water partition coefficient (Wildman–Crippen LogP) is 1.47. The Kier molecular flexibility index (Phi) is 6.42. The Balaban J connectivity index is 2.40. The van der Waals surface area contributed by atoms with Crippen molar-refractivity contribution in [3.05, 3.63) is 22.8 Å². The number of methoxy groups -OCH3 is 1. The third kappa shape index (κ3) is 5.31. The minimum Gasteiger partial charge on any atom is -0.478 e. The topological polar surface area (TPSA) is 77.9 Å². The number of carbonyl (C=O) groups is 1. The number of rotatable bonds is 8.